The Balaban J connectivity index is 2.40. The van der Waals surface area contributed by atoms with Gasteiger partial charge in [-0.1, -0.05) is 12.7 Å². The van der Waals surface area contributed by atoms with Crippen LogP contribution in [0.5, 0.6) is 0 Å². The minimum absolute atomic E-state index is 0.0670. The average molecular weight is 287 g/mol. The molecule has 0 spiro atoms. The molecule has 0 radical (unpaired) electrons. The van der Waals surface area contributed by atoms with E-state index in [1.165, 1.54) is 25.4 Å². The van der Waals surface area contributed by atoms with Gasteiger partial charge in [-0.3, -0.25) is 4.79 Å². The van der Waals surface area contributed by atoms with Crippen molar-refractivity contribution in [1.29, 1.82) is 0 Å². The van der Waals surface area contributed by atoms with Crippen LogP contribution in [0.4, 0.5) is 4.39 Å². The van der Waals surface area contributed by atoms with Crippen molar-refractivity contribution in [2.45, 2.75) is 18.9 Å². The second kappa shape index (κ2) is 4.84. The zero-order valence-corrected chi connectivity index (χ0v) is 11.6. The third-order valence-electron chi connectivity index (χ3n) is 3.72. The number of benzene rings is 1. The molecule has 1 aromatic carbocycles. The van der Waals surface area contributed by atoms with E-state index < -0.39 is 17.2 Å². The summed E-state index contributed by atoms with van der Waals surface area (Å²) in [6.07, 6.45) is 4.86. The molecule has 1 saturated carbocycles. The molecule has 0 amide bonds. The van der Waals surface area contributed by atoms with Gasteiger partial charge in [0.2, 0.25) is 5.43 Å². The fourth-order valence-corrected chi connectivity index (χ4v) is 2.45. The van der Waals surface area contributed by atoms with E-state index in [0.29, 0.717) is 11.1 Å². The molecule has 1 aliphatic carbocycles. The summed E-state index contributed by atoms with van der Waals surface area (Å²) >= 11 is 0. The Morgan fingerprint density at radius 1 is 1.48 bits per heavy atom. The van der Waals surface area contributed by atoms with Crippen molar-refractivity contribution in [2.75, 3.05) is 7.11 Å². The topological polar surface area (TPSA) is 48.3 Å². The summed E-state index contributed by atoms with van der Waals surface area (Å²) in [6, 6.07) is 3.00. The van der Waals surface area contributed by atoms with E-state index in [9.17, 15) is 14.0 Å². The van der Waals surface area contributed by atoms with Gasteiger partial charge in [0.15, 0.2) is 0 Å². The molecule has 2 aromatic rings. The lowest BCUT2D eigenvalue weighted by Gasteiger charge is -2.13. The van der Waals surface area contributed by atoms with Gasteiger partial charge in [-0.25, -0.2) is 9.18 Å². The van der Waals surface area contributed by atoms with Gasteiger partial charge < -0.3 is 9.30 Å². The van der Waals surface area contributed by atoms with E-state index in [2.05, 4.69) is 11.3 Å². The van der Waals surface area contributed by atoms with Gasteiger partial charge in [0.1, 0.15) is 11.4 Å². The lowest BCUT2D eigenvalue weighted by molar-refractivity contribution is 0.0598. The van der Waals surface area contributed by atoms with Crippen molar-refractivity contribution >= 4 is 22.9 Å². The van der Waals surface area contributed by atoms with Gasteiger partial charge in [-0.2, -0.15) is 0 Å². The van der Waals surface area contributed by atoms with Crippen LogP contribution in [0.1, 0.15) is 34.8 Å². The van der Waals surface area contributed by atoms with Crippen LogP contribution in [0.15, 0.2) is 29.7 Å². The largest absolute Gasteiger partial charge is 0.465 e. The van der Waals surface area contributed by atoms with E-state index in [4.69, 9.17) is 0 Å². The molecule has 1 heterocycles. The maximum absolute atomic E-state index is 13.9. The summed E-state index contributed by atoms with van der Waals surface area (Å²) in [5.41, 5.74) is 0.375. The summed E-state index contributed by atoms with van der Waals surface area (Å²) < 4.78 is 20.4. The van der Waals surface area contributed by atoms with Gasteiger partial charge in [0.25, 0.3) is 0 Å². The van der Waals surface area contributed by atoms with Crippen LogP contribution in [0.2, 0.25) is 0 Å². The van der Waals surface area contributed by atoms with Gasteiger partial charge in [-0.15, -0.1) is 0 Å². The van der Waals surface area contributed by atoms with Crippen LogP contribution in [0, 0.1) is 5.82 Å². The number of carbonyl (C=O) groups excluding carboxylic acids is 1. The van der Waals surface area contributed by atoms with Gasteiger partial charge >= 0.3 is 5.97 Å². The van der Waals surface area contributed by atoms with Gasteiger partial charge in [-0.05, 0) is 25.0 Å². The number of aromatic nitrogens is 1. The number of pyridine rings is 1. The van der Waals surface area contributed by atoms with Crippen LogP contribution >= 0.6 is 0 Å². The molecule has 0 unspecified atom stereocenters. The number of rotatable bonds is 3. The average Bonchev–Trinajstić information content (AvgIpc) is 3.31. The number of esters is 1. The summed E-state index contributed by atoms with van der Waals surface area (Å²) in [5.74, 6) is -1.23. The highest BCUT2D eigenvalue weighted by Gasteiger charge is 2.27. The maximum Gasteiger partial charge on any atom is 0.343 e. The zero-order chi connectivity index (χ0) is 15.1. The SMILES string of the molecule is C=Cc1cc2c(cc1F)c(=O)c(C(=O)OC)cn2C1CC1. The lowest BCUT2D eigenvalue weighted by Crippen LogP contribution is -2.20. The summed E-state index contributed by atoms with van der Waals surface area (Å²) in [7, 11) is 1.22. The van der Waals surface area contributed by atoms with Gasteiger partial charge in [0.05, 0.1) is 12.6 Å². The Morgan fingerprint density at radius 2 is 2.19 bits per heavy atom. The highest BCUT2D eigenvalue weighted by Crippen LogP contribution is 2.37. The second-order valence-electron chi connectivity index (χ2n) is 5.10. The fraction of sp³-hybridized carbons (Fsp3) is 0.250. The Hall–Kier alpha value is -2.43. The molecule has 1 aromatic heterocycles. The highest BCUT2D eigenvalue weighted by molar-refractivity contribution is 5.94. The van der Waals surface area contributed by atoms with Crippen LogP contribution in [0.3, 0.4) is 0 Å². The Kier molecular flexibility index (Phi) is 3.12. The second-order valence-corrected chi connectivity index (χ2v) is 5.10. The van der Waals surface area contributed by atoms with Crippen molar-refractivity contribution in [3.8, 4) is 0 Å². The molecule has 1 aliphatic rings. The van der Waals surface area contributed by atoms with Gasteiger partial charge in [0, 0.05) is 23.2 Å². The number of methoxy groups -OCH3 is 1. The number of carbonyl (C=O) groups is 1. The number of hydrogen-bond donors (Lipinski definition) is 0. The summed E-state index contributed by atoms with van der Waals surface area (Å²) in [4.78, 5) is 24.1. The highest BCUT2D eigenvalue weighted by atomic mass is 19.1. The standard InChI is InChI=1S/C16H14FNO3/c1-3-9-6-14-11(7-13(9)17)15(19)12(16(20)21-2)8-18(14)10-4-5-10/h3,6-8,10H,1,4-5H2,2H3. The van der Waals surface area contributed by atoms with Crippen molar-refractivity contribution in [2.24, 2.45) is 0 Å². The third-order valence-corrected chi connectivity index (χ3v) is 3.72. The Labute approximate surface area is 120 Å². The fourth-order valence-electron chi connectivity index (χ4n) is 2.45. The van der Waals surface area contributed by atoms with E-state index in [-0.39, 0.29) is 17.0 Å². The van der Waals surface area contributed by atoms with Crippen molar-refractivity contribution in [3.63, 3.8) is 0 Å². The van der Waals surface area contributed by atoms with Crippen LogP contribution < -0.4 is 5.43 Å². The Morgan fingerprint density at radius 3 is 2.76 bits per heavy atom. The zero-order valence-electron chi connectivity index (χ0n) is 11.6. The first-order chi connectivity index (χ1) is 10.1. The normalized spacial score (nSPS) is 14.2. The molecular weight excluding hydrogens is 273 g/mol. The van der Waals surface area contributed by atoms with Crippen molar-refractivity contribution in [3.05, 3.63) is 52.1 Å². The van der Waals surface area contributed by atoms with Crippen LogP contribution in [0.25, 0.3) is 17.0 Å². The molecule has 0 bridgehead atoms. The smallest absolute Gasteiger partial charge is 0.343 e. The molecule has 108 valence electrons. The minimum atomic E-state index is -0.704. The predicted molar refractivity (Wildman–Crippen MR) is 77.9 cm³/mol. The first-order valence-electron chi connectivity index (χ1n) is 6.66. The van der Waals surface area contributed by atoms with E-state index in [0.717, 1.165) is 12.8 Å². The van der Waals surface area contributed by atoms with Crippen LogP contribution in [-0.4, -0.2) is 17.6 Å². The number of fused-ring (bicyclic) bond motifs is 1. The molecule has 1 fully saturated rings. The molecule has 21 heavy (non-hydrogen) atoms. The molecule has 0 N–H and O–H groups in total. The summed E-state index contributed by atoms with van der Waals surface area (Å²) in [5, 5.41) is 0.188. The first kappa shape index (κ1) is 13.5. The Bertz CT molecular complexity index is 818. The van der Waals surface area contributed by atoms with Crippen molar-refractivity contribution < 1.29 is 13.9 Å². The molecule has 0 saturated heterocycles. The molecular formula is C16H14FNO3. The van der Waals surface area contributed by atoms with Crippen molar-refractivity contribution in [1.82, 2.24) is 4.57 Å². The third kappa shape index (κ3) is 2.14. The van der Waals surface area contributed by atoms with E-state index in [1.807, 2.05) is 4.57 Å². The van der Waals surface area contributed by atoms with E-state index >= 15 is 0 Å². The number of ether oxygens (including phenoxy) is 1. The molecule has 4 nitrogen and oxygen atoms in total. The number of halogens is 1. The predicted octanol–water partition coefficient (Wildman–Crippen LogP) is 2.91. The van der Waals surface area contributed by atoms with Crippen LogP contribution in [-0.2, 0) is 4.74 Å². The molecule has 0 aliphatic heterocycles. The molecule has 0 atom stereocenters. The lowest BCUT2D eigenvalue weighted by atomic mass is 10.1. The quantitative estimate of drug-likeness (QED) is 0.815. The van der Waals surface area contributed by atoms with E-state index in [1.54, 1.807) is 6.07 Å². The minimum Gasteiger partial charge on any atom is -0.465 e. The molecule has 5 heteroatoms. The monoisotopic (exact) mass is 287 g/mol. The maximum atomic E-state index is 13.9. The number of nitrogens with zero attached hydrogens (tertiary/aromatic N) is 1. The summed E-state index contributed by atoms with van der Waals surface area (Å²) in [6.45, 7) is 3.57. The first-order valence-corrected chi connectivity index (χ1v) is 6.66. The molecule has 3 rings (SSSR count). The number of hydrogen-bond acceptors (Lipinski definition) is 3.